The first-order chi connectivity index (χ1) is 11.4. The van der Waals surface area contributed by atoms with E-state index in [2.05, 4.69) is 10.0 Å². The Hall–Kier alpha value is -1.44. The highest BCUT2D eigenvalue weighted by molar-refractivity contribution is 7.90. The highest BCUT2D eigenvalue weighted by atomic mass is 32.2. The van der Waals surface area contributed by atoms with Gasteiger partial charge in [-0.05, 0) is 32.3 Å². The van der Waals surface area contributed by atoms with Crippen LogP contribution in [-0.2, 0) is 26.2 Å². The standard InChI is InChI=1S/C17H28N2O4S/c1-15(2)24(21,22)19-11-7-6-10-17(20)18-12-13-23-14-16-8-4-3-5-9-16/h3-5,8-9,15,19H,6-7,10-14H2,1-2H3,(H,18,20). The van der Waals surface area contributed by atoms with Crippen LogP contribution in [0.5, 0.6) is 0 Å². The smallest absolute Gasteiger partial charge is 0.220 e. The van der Waals surface area contributed by atoms with Gasteiger partial charge in [0, 0.05) is 19.5 Å². The third-order valence-electron chi connectivity index (χ3n) is 3.43. The van der Waals surface area contributed by atoms with E-state index < -0.39 is 15.3 Å². The lowest BCUT2D eigenvalue weighted by Crippen LogP contribution is -2.31. The van der Waals surface area contributed by atoms with E-state index in [1.165, 1.54) is 0 Å². The van der Waals surface area contributed by atoms with Gasteiger partial charge in [-0.1, -0.05) is 30.3 Å². The summed E-state index contributed by atoms with van der Waals surface area (Å²) < 4.78 is 31.1. The van der Waals surface area contributed by atoms with Gasteiger partial charge in [0.2, 0.25) is 15.9 Å². The molecule has 1 amide bonds. The molecule has 2 N–H and O–H groups in total. The molecule has 0 unspecified atom stereocenters. The van der Waals surface area contributed by atoms with Gasteiger partial charge in [0.15, 0.2) is 0 Å². The summed E-state index contributed by atoms with van der Waals surface area (Å²) in [5.41, 5.74) is 1.10. The molecule has 0 atom stereocenters. The third-order valence-corrected chi connectivity index (χ3v) is 5.28. The van der Waals surface area contributed by atoms with Crippen LogP contribution >= 0.6 is 0 Å². The monoisotopic (exact) mass is 356 g/mol. The maximum absolute atomic E-state index is 11.6. The van der Waals surface area contributed by atoms with Crippen molar-refractivity contribution in [1.29, 1.82) is 0 Å². The number of unbranched alkanes of at least 4 members (excludes halogenated alkanes) is 1. The number of hydrogen-bond acceptors (Lipinski definition) is 4. The SMILES string of the molecule is CC(C)S(=O)(=O)NCCCCC(=O)NCCOCc1ccccc1. The first-order valence-corrected chi connectivity index (χ1v) is 9.83. The van der Waals surface area contributed by atoms with Gasteiger partial charge in [0.05, 0.1) is 18.5 Å². The summed E-state index contributed by atoms with van der Waals surface area (Å²) in [5, 5.41) is 2.36. The van der Waals surface area contributed by atoms with Crippen LogP contribution in [-0.4, -0.2) is 39.3 Å². The van der Waals surface area contributed by atoms with Crippen molar-refractivity contribution in [1.82, 2.24) is 10.0 Å². The predicted molar refractivity (Wildman–Crippen MR) is 95.0 cm³/mol. The van der Waals surface area contributed by atoms with Crippen LogP contribution in [0, 0.1) is 0 Å². The Labute approximate surface area is 145 Å². The summed E-state index contributed by atoms with van der Waals surface area (Å²) in [6.45, 7) is 5.12. The van der Waals surface area contributed by atoms with Crippen molar-refractivity contribution in [2.45, 2.75) is 45.0 Å². The van der Waals surface area contributed by atoms with E-state index in [-0.39, 0.29) is 5.91 Å². The first-order valence-electron chi connectivity index (χ1n) is 8.28. The molecule has 0 fully saturated rings. The summed E-state index contributed by atoms with van der Waals surface area (Å²) in [5.74, 6) is -0.0370. The summed E-state index contributed by atoms with van der Waals surface area (Å²) >= 11 is 0. The molecule has 1 aromatic carbocycles. The Morgan fingerprint density at radius 1 is 1.12 bits per heavy atom. The lowest BCUT2D eigenvalue weighted by molar-refractivity contribution is -0.121. The van der Waals surface area contributed by atoms with Crippen LogP contribution in [0.25, 0.3) is 0 Å². The van der Waals surface area contributed by atoms with Crippen LogP contribution in [0.2, 0.25) is 0 Å². The molecule has 24 heavy (non-hydrogen) atoms. The van der Waals surface area contributed by atoms with Crippen LogP contribution in [0.3, 0.4) is 0 Å². The second-order valence-corrected chi connectivity index (χ2v) is 8.15. The minimum atomic E-state index is -3.21. The molecule has 136 valence electrons. The van der Waals surface area contributed by atoms with Gasteiger partial charge in [-0.15, -0.1) is 0 Å². The Morgan fingerprint density at radius 3 is 2.50 bits per heavy atom. The zero-order valence-electron chi connectivity index (χ0n) is 14.5. The molecular weight excluding hydrogens is 328 g/mol. The molecule has 0 aliphatic heterocycles. The van der Waals surface area contributed by atoms with E-state index in [4.69, 9.17) is 4.74 Å². The number of benzene rings is 1. The Bertz CT molecular complexity index is 574. The van der Waals surface area contributed by atoms with Gasteiger partial charge in [-0.25, -0.2) is 13.1 Å². The molecule has 0 aliphatic carbocycles. The molecule has 0 aromatic heterocycles. The van der Waals surface area contributed by atoms with Gasteiger partial charge < -0.3 is 10.1 Å². The maximum Gasteiger partial charge on any atom is 0.220 e. The largest absolute Gasteiger partial charge is 0.375 e. The fraction of sp³-hybridized carbons (Fsp3) is 0.588. The third kappa shape index (κ3) is 9.00. The van der Waals surface area contributed by atoms with Crippen molar-refractivity contribution in [3.05, 3.63) is 35.9 Å². The average Bonchev–Trinajstić information content (AvgIpc) is 2.55. The van der Waals surface area contributed by atoms with E-state index in [0.717, 1.165) is 5.56 Å². The number of hydrogen-bond donors (Lipinski definition) is 2. The summed E-state index contributed by atoms with van der Waals surface area (Å²) in [6.07, 6.45) is 1.68. The van der Waals surface area contributed by atoms with Gasteiger partial charge in [-0.2, -0.15) is 0 Å². The van der Waals surface area contributed by atoms with Gasteiger partial charge in [0.1, 0.15) is 0 Å². The predicted octanol–water partition coefficient (Wildman–Crippen LogP) is 1.82. The normalized spacial score (nSPS) is 11.6. The van der Waals surface area contributed by atoms with Gasteiger partial charge >= 0.3 is 0 Å². The molecule has 1 rings (SSSR count). The molecule has 0 radical (unpaired) electrons. The second kappa shape index (κ2) is 11.2. The summed E-state index contributed by atoms with van der Waals surface area (Å²) in [6, 6.07) is 9.86. The van der Waals surface area contributed by atoms with E-state index in [1.807, 2.05) is 30.3 Å². The van der Waals surface area contributed by atoms with Gasteiger partial charge in [0.25, 0.3) is 0 Å². The zero-order chi connectivity index (χ0) is 17.8. The van der Waals surface area contributed by atoms with Gasteiger partial charge in [-0.3, -0.25) is 4.79 Å². The minimum Gasteiger partial charge on any atom is -0.375 e. The number of carbonyl (C=O) groups excluding carboxylic acids is 1. The van der Waals surface area contributed by atoms with E-state index in [9.17, 15) is 13.2 Å². The number of ether oxygens (including phenoxy) is 1. The molecule has 6 nitrogen and oxygen atoms in total. The van der Waals surface area contributed by atoms with Crippen molar-refractivity contribution >= 4 is 15.9 Å². The average molecular weight is 356 g/mol. The fourth-order valence-electron chi connectivity index (χ4n) is 1.91. The van der Waals surface area contributed by atoms with Crippen molar-refractivity contribution in [2.75, 3.05) is 19.7 Å². The highest BCUT2D eigenvalue weighted by Gasteiger charge is 2.14. The van der Waals surface area contributed by atoms with E-state index in [1.54, 1.807) is 13.8 Å². The number of carbonyl (C=O) groups is 1. The molecular formula is C17H28N2O4S. The second-order valence-electron chi connectivity index (χ2n) is 5.83. The van der Waals surface area contributed by atoms with Crippen LogP contribution in [0.1, 0.15) is 38.7 Å². The van der Waals surface area contributed by atoms with Crippen molar-refractivity contribution in [3.63, 3.8) is 0 Å². The molecule has 0 aliphatic rings. The Balaban J connectivity index is 1.99. The molecule has 0 saturated heterocycles. The number of nitrogens with one attached hydrogen (secondary N) is 2. The number of amides is 1. The van der Waals surface area contributed by atoms with Crippen molar-refractivity contribution in [2.24, 2.45) is 0 Å². The molecule has 0 saturated carbocycles. The van der Waals surface area contributed by atoms with E-state index >= 15 is 0 Å². The highest BCUT2D eigenvalue weighted by Crippen LogP contribution is 2.00. The Kier molecular flexibility index (Phi) is 9.59. The summed E-state index contributed by atoms with van der Waals surface area (Å²) in [7, 11) is -3.21. The topological polar surface area (TPSA) is 84.5 Å². The minimum absolute atomic E-state index is 0.0370. The van der Waals surface area contributed by atoms with Crippen molar-refractivity contribution in [3.8, 4) is 0 Å². The quantitative estimate of drug-likeness (QED) is 0.560. The number of rotatable bonds is 12. The fourth-order valence-corrected chi connectivity index (χ4v) is 2.67. The van der Waals surface area contributed by atoms with Crippen LogP contribution in [0.4, 0.5) is 0 Å². The molecule has 1 aromatic rings. The zero-order valence-corrected chi connectivity index (χ0v) is 15.3. The maximum atomic E-state index is 11.6. The number of sulfonamides is 1. The van der Waals surface area contributed by atoms with Crippen LogP contribution in [0.15, 0.2) is 30.3 Å². The summed E-state index contributed by atoms with van der Waals surface area (Å²) in [4.78, 5) is 11.6. The van der Waals surface area contributed by atoms with Crippen molar-refractivity contribution < 1.29 is 17.9 Å². The first kappa shape index (κ1) is 20.6. The molecule has 7 heteroatoms. The Morgan fingerprint density at radius 2 is 1.83 bits per heavy atom. The molecule has 0 heterocycles. The molecule has 0 bridgehead atoms. The molecule has 0 spiro atoms. The lowest BCUT2D eigenvalue weighted by Gasteiger charge is -2.09. The van der Waals surface area contributed by atoms with Crippen LogP contribution < -0.4 is 10.0 Å². The van der Waals surface area contributed by atoms with E-state index in [0.29, 0.717) is 45.6 Å². The lowest BCUT2D eigenvalue weighted by atomic mass is 10.2.